The van der Waals surface area contributed by atoms with Gasteiger partial charge in [0.15, 0.2) is 5.84 Å². The van der Waals surface area contributed by atoms with E-state index in [-0.39, 0.29) is 0 Å². The second-order valence-electron chi connectivity index (χ2n) is 4.05. The Bertz CT molecular complexity index is 603. The van der Waals surface area contributed by atoms with Crippen LogP contribution < -0.4 is 0 Å². The lowest BCUT2D eigenvalue weighted by atomic mass is 10.0. The molecule has 3 heteroatoms. The van der Waals surface area contributed by atoms with E-state index in [1.54, 1.807) is 0 Å². The van der Waals surface area contributed by atoms with Crippen molar-refractivity contribution in [1.29, 1.82) is 0 Å². The first-order valence-electron chi connectivity index (χ1n) is 6.12. The summed E-state index contributed by atoms with van der Waals surface area (Å²) >= 11 is 6.18. The van der Waals surface area contributed by atoms with Crippen molar-refractivity contribution >= 4 is 24.2 Å². The van der Waals surface area contributed by atoms with Crippen molar-refractivity contribution < 1.29 is 0 Å². The van der Waals surface area contributed by atoms with E-state index in [0.717, 1.165) is 16.7 Å². The average molecular weight is 271 g/mol. The van der Waals surface area contributed by atoms with Crippen LogP contribution in [0.2, 0.25) is 5.02 Å². The van der Waals surface area contributed by atoms with Crippen LogP contribution in [-0.4, -0.2) is 19.1 Å². The molecule has 0 saturated carbocycles. The maximum absolute atomic E-state index is 6.18. The minimum atomic E-state index is 0.627. The van der Waals surface area contributed by atoms with Crippen molar-refractivity contribution in [2.24, 2.45) is 9.98 Å². The van der Waals surface area contributed by atoms with Crippen LogP contribution in [0.1, 0.15) is 12.5 Å². The first kappa shape index (κ1) is 13.5. The number of halogens is 1. The first-order valence-corrected chi connectivity index (χ1v) is 6.50. The highest BCUT2D eigenvalue weighted by Gasteiger charge is 2.06. The Labute approximate surface area is 118 Å². The van der Waals surface area contributed by atoms with E-state index >= 15 is 0 Å². The zero-order valence-corrected chi connectivity index (χ0v) is 11.6. The molecule has 0 N–H and O–H groups in total. The summed E-state index contributed by atoms with van der Waals surface area (Å²) in [4.78, 5) is 8.28. The van der Waals surface area contributed by atoms with Crippen molar-refractivity contribution in [2.45, 2.75) is 6.92 Å². The van der Waals surface area contributed by atoms with Gasteiger partial charge in [0, 0.05) is 17.1 Å². The number of amidine groups is 1. The molecule has 2 aromatic rings. The smallest absolute Gasteiger partial charge is 0.153 e. The van der Waals surface area contributed by atoms with Gasteiger partial charge in [-0.25, -0.2) is 4.99 Å². The minimum Gasteiger partial charge on any atom is -0.267 e. The van der Waals surface area contributed by atoms with Crippen LogP contribution in [0, 0.1) is 0 Å². The molecular formula is C16H15ClN2. The molecule has 0 unspecified atom stereocenters. The molecule has 0 aliphatic rings. The molecule has 2 rings (SSSR count). The fourth-order valence-corrected chi connectivity index (χ4v) is 2.13. The van der Waals surface area contributed by atoms with Gasteiger partial charge >= 0.3 is 0 Å². The third-order valence-electron chi connectivity index (χ3n) is 2.72. The Hall–Kier alpha value is -1.93. The summed E-state index contributed by atoms with van der Waals surface area (Å²) in [5.74, 6) is 0.627. The normalized spacial score (nSPS) is 11.4. The van der Waals surface area contributed by atoms with E-state index in [2.05, 4.69) is 16.7 Å². The third-order valence-corrected chi connectivity index (χ3v) is 2.94. The number of hydrogen-bond donors (Lipinski definition) is 0. The second-order valence-corrected chi connectivity index (χ2v) is 4.49. The van der Waals surface area contributed by atoms with Gasteiger partial charge in [-0.1, -0.05) is 41.9 Å². The molecule has 0 heterocycles. The van der Waals surface area contributed by atoms with E-state index in [1.807, 2.05) is 55.5 Å². The van der Waals surface area contributed by atoms with Gasteiger partial charge in [0.05, 0.1) is 0 Å². The molecule has 0 fully saturated rings. The molecule has 0 radical (unpaired) electrons. The van der Waals surface area contributed by atoms with Crippen LogP contribution in [0.3, 0.4) is 0 Å². The summed E-state index contributed by atoms with van der Waals surface area (Å²) in [6.45, 7) is 6.20. The summed E-state index contributed by atoms with van der Waals surface area (Å²) in [7, 11) is 0. The zero-order valence-electron chi connectivity index (χ0n) is 10.8. The fraction of sp³-hybridized carbons (Fsp3) is 0.125. The van der Waals surface area contributed by atoms with E-state index in [9.17, 15) is 0 Å². The monoisotopic (exact) mass is 270 g/mol. The van der Waals surface area contributed by atoms with Crippen LogP contribution in [-0.2, 0) is 0 Å². The summed E-state index contributed by atoms with van der Waals surface area (Å²) < 4.78 is 0. The molecule has 0 bridgehead atoms. The number of benzene rings is 2. The molecule has 0 atom stereocenters. The molecule has 0 amide bonds. The Kier molecular flexibility index (Phi) is 4.48. The average Bonchev–Trinajstić information content (AvgIpc) is 2.45. The van der Waals surface area contributed by atoms with Gasteiger partial charge in [-0.2, -0.15) is 0 Å². The van der Waals surface area contributed by atoms with E-state index < -0.39 is 0 Å². The van der Waals surface area contributed by atoms with Gasteiger partial charge in [0.2, 0.25) is 0 Å². The van der Waals surface area contributed by atoms with Crippen LogP contribution in [0.5, 0.6) is 0 Å². The topological polar surface area (TPSA) is 24.7 Å². The molecule has 96 valence electrons. The van der Waals surface area contributed by atoms with E-state index in [4.69, 9.17) is 11.6 Å². The second kappa shape index (κ2) is 6.30. The van der Waals surface area contributed by atoms with Gasteiger partial charge < -0.3 is 0 Å². The maximum Gasteiger partial charge on any atom is 0.153 e. The minimum absolute atomic E-state index is 0.627. The van der Waals surface area contributed by atoms with Gasteiger partial charge in [0.25, 0.3) is 0 Å². The lowest BCUT2D eigenvalue weighted by molar-refractivity contribution is 1.12. The maximum atomic E-state index is 6.18. The summed E-state index contributed by atoms with van der Waals surface area (Å²) in [6, 6.07) is 15.9. The van der Waals surface area contributed by atoms with Gasteiger partial charge in [-0.05, 0) is 43.0 Å². The highest BCUT2D eigenvalue weighted by molar-refractivity contribution is 6.31. The van der Waals surface area contributed by atoms with Gasteiger partial charge in [-0.3, -0.25) is 4.99 Å². The van der Waals surface area contributed by atoms with Crippen LogP contribution in [0.15, 0.2) is 58.5 Å². The van der Waals surface area contributed by atoms with Crippen LogP contribution in [0.25, 0.3) is 11.1 Å². The number of aliphatic imine (C=N–C) groups is 2. The van der Waals surface area contributed by atoms with Crippen molar-refractivity contribution in [3.63, 3.8) is 0 Å². The predicted molar refractivity (Wildman–Crippen MR) is 83.5 cm³/mol. The van der Waals surface area contributed by atoms with Crippen LogP contribution >= 0.6 is 11.6 Å². The number of rotatable bonds is 3. The summed E-state index contributed by atoms with van der Waals surface area (Å²) in [5, 5.41) is 0.670. The fourth-order valence-electron chi connectivity index (χ4n) is 1.90. The highest BCUT2D eigenvalue weighted by atomic mass is 35.5. The molecule has 19 heavy (non-hydrogen) atoms. The third kappa shape index (κ3) is 3.30. The Balaban J connectivity index is 2.52. The highest BCUT2D eigenvalue weighted by Crippen LogP contribution is 2.25. The molecular weight excluding hydrogens is 256 g/mol. The molecule has 0 aliphatic carbocycles. The van der Waals surface area contributed by atoms with Crippen molar-refractivity contribution in [3.8, 4) is 11.1 Å². The lowest BCUT2D eigenvalue weighted by Crippen LogP contribution is -1.98. The molecule has 0 saturated heterocycles. The number of hydrogen-bond acceptors (Lipinski definition) is 1. The Morgan fingerprint density at radius 1 is 1.11 bits per heavy atom. The Morgan fingerprint density at radius 2 is 1.84 bits per heavy atom. The molecule has 0 spiro atoms. The van der Waals surface area contributed by atoms with Gasteiger partial charge in [0.1, 0.15) is 0 Å². The predicted octanol–water partition coefficient (Wildman–Crippen LogP) is 4.47. The van der Waals surface area contributed by atoms with Crippen molar-refractivity contribution in [3.05, 3.63) is 59.1 Å². The number of nitrogens with zero attached hydrogens (tertiary/aromatic N) is 2. The van der Waals surface area contributed by atoms with E-state index in [1.165, 1.54) is 0 Å². The van der Waals surface area contributed by atoms with Gasteiger partial charge in [-0.15, -0.1) is 0 Å². The van der Waals surface area contributed by atoms with Crippen LogP contribution in [0.4, 0.5) is 0 Å². The van der Waals surface area contributed by atoms with Crippen molar-refractivity contribution in [1.82, 2.24) is 0 Å². The zero-order chi connectivity index (χ0) is 13.7. The first-order chi connectivity index (χ1) is 9.24. The molecule has 0 aliphatic heterocycles. The molecule has 0 aromatic heterocycles. The quantitative estimate of drug-likeness (QED) is 0.581. The summed E-state index contributed by atoms with van der Waals surface area (Å²) in [5.41, 5.74) is 3.06. The molecule has 2 aromatic carbocycles. The molecule has 2 nitrogen and oxygen atoms in total. The van der Waals surface area contributed by atoms with E-state index in [0.29, 0.717) is 17.4 Å². The lowest BCUT2D eigenvalue weighted by Gasteiger charge is -2.07. The van der Waals surface area contributed by atoms with Crippen molar-refractivity contribution in [2.75, 3.05) is 6.54 Å². The summed E-state index contributed by atoms with van der Waals surface area (Å²) in [6.07, 6.45) is 0. The Morgan fingerprint density at radius 3 is 2.47 bits per heavy atom. The largest absolute Gasteiger partial charge is 0.267 e. The standard InChI is InChI=1S/C16H15ClN2/c1-3-19-16(18-2)14-9-13(10-15(17)11-14)12-7-5-4-6-8-12/h4-11H,2-3H2,1H3. The SMILES string of the molecule is C=NC(=NCC)c1cc(Cl)cc(-c2ccccc2)c1.